The number of hydrogen-bond donors (Lipinski definition) is 2. The lowest BCUT2D eigenvalue weighted by molar-refractivity contribution is -0.115. The third kappa shape index (κ3) is 3.93. The largest absolute Gasteiger partial charge is 0.478 e. The molecule has 5 heteroatoms. The van der Waals surface area contributed by atoms with Crippen LogP contribution in [0.3, 0.4) is 0 Å². The number of amides is 1. The lowest BCUT2D eigenvalue weighted by Gasteiger charge is -2.13. The first-order valence-electron chi connectivity index (χ1n) is 6.57. The number of nitrogens with one attached hydrogen (secondary N) is 1. The zero-order valence-corrected chi connectivity index (χ0v) is 12.6. The normalized spacial score (nSPS) is 14.6. The van der Waals surface area contributed by atoms with Crippen LogP contribution in [0.5, 0.6) is 0 Å². The minimum atomic E-state index is -1.06. The van der Waals surface area contributed by atoms with E-state index in [1.165, 1.54) is 12.5 Å². The molecule has 0 atom stereocenters. The second kappa shape index (κ2) is 6.70. The number of carbonyl (C=O) groups excluding carboxylic acids is 1. The maximum absolute atomic E-state index is 12.0. The van der Waals surface area contributed by atoms with Gasteiger partial charge in [-0.15, -0.1) is 0 Å². The summed E-state index contributed by atoms with van der Waals surface area (Å²) in [4.78, 5) is 23.1. The Bertz CT molecular complexity index is 566. The maximum Gasteiger partial charge on any atom is 0.337 e. The number of carbonyl (C=O) groups is 2. The number of anilines is 1. The molecule has 1 aliphatic rings. The zero-order valence-electron chi connectivity index (χ0n) is 11.0. The van der Waals surface area contributed by atoms with E-state index >= 15 is 0 Å². The highest BCUT2D eigenvalue weighted by molar-refractivity contribution is 9.10. The molecule has 1 aromatic rings. The van der Waals surface area contributed by atoms with Gasteiger partial charge >= 0.3 is 5.97 Å². The Morgan fingerprint density at radius 1 is 1.30 bits per heavy atom. The fourth-order valence-electron chi connectivity index (χ4n) is 2.27. The molecule has 0 fully saturated rings. The third-order valence-electron chi connectivity index (χ3n) is 3.26. The van der Waals surface area contributed by atoms with Crippen LogP contribution in [0.2, 0.25) is 0 Å². The van der Waals surface area contributed by atoms with Crippen molar-refractivity contribution in [2.24, 2.45) is 0 Å². The fourth-order valence-corrected chi connectivity index (χ4v) is 2.63. The summed E-state index contributed by atoms with van der Waals surface area (Å²) in [6.07, 6.45) is 6.75. The number of halogens is 1. The molecule has 106 valence electrons. The third-order valence-corrected chi connectivity index (χ3v) is 3.75. The van der Waals surface area contributed by atoms with E-state index in [-0.39, 0.29) is 11.5 Å². The molecule has 20 heavy (non-hydrogen) atoms. The van der Waals surface area contributed by atoms with Crippen molar-refractivity contribution < 1.29 is 14.7 Å². The van der Waals surface area contributed by atoms with Gasteiger partial charge in [0.15, 0.2) is 0 Å². The van der Waals surface area contributed by atoms with Crippen LogP contribution in [0.4, 0.5) is 5.69 Å². The Labute approximate surface area is 126 Å². The predicted molar refractivity (Wildman–Crippen MR) is 80.9 cm³/mol. The zero-order chi connectivity index (χ0) is 14.5. The molecule has 1 aromatic carbocycles. The van der Waals surface area contributed by atoms with Crippen molar-refractivity contribution in [1.82, 2.24) is 0 Å². The van der Waals surface area contributed by atoms with Gasteiger partial charge in [0, 0.05) is 10.9 Å². The van der Waals surface area contributed by atoms with Crippen LogP contribution in [0, 0.1) is 0 Å². The topological polar surface area (TPSA) is 66.4 Å². The molecule has 0 radical (unpaired) electrons. The second-order valence-electron chi connectivity index (χ2n) is 4.83. The van der Waals surface area contributed by atoms with Crippen LogP contribution < -0.4 is 5.32 Å². The lowest BCUT2D eigenvalue weighted by Crippen LogP contribution is -2.15. The van der Waals surface area contributed by atoms with E-state index in [0.29, 0.717) is 16.6 Å². The summed E-state index contributed by atoms with van der Waals surface area (Å²) in [6, 6.07) is 4.79. The monoisotopic (exact) mass is 337 g/mol. The van der Waals surface area contributed by atoms with E-state index in [2.05, 4.69) is 27.3 Å². The minimum absolute atomic E-state index is 0.0883. The van der Waals surface area contributed by atoms with E-state index in [1.807, 2.05) is 0 Å². The van der Waals surface area contributed by atoms with Crippen LogP contribution in [0.1, 0.15) is 42.5 Å². The summed E-state index contributed by atoms with van der Waals surface area (Å²) in [6.45, 7) is 0. The molecule has 0 aliphatic heterocycles. The van der Waals surface area contributed by atoms with E-state index in [1.54, 1.807) is 12.1 Å². The van der Waals surface area contributed by atoms with Crippen LogP contribution in [0.15, 0.2) is 34.3 Å². The lowest BCUT2D eigenvalue weighted by atomic mass is 9.97. The number of carboxylic acids is 1. The molecule has 0 saturated heterocycles. The van der Waals surface area contributed by atoms with Gasteiger partial charge in [0.25, 0.3) is 0 Å². The highest BCUT2D eigenvalue weighted by Crippen LogP contribution is 2.23. The standard InChI is InChI=1S/C15H16BrNO3/c16-11-6-7-13(12(9-11)15(19)20)17-14(18)8-10-4-2-1-3-5-10/h4,6-7,9H,1-3,5,8H2,(H,17,18)(H,19,20). The smallest absolute Gasteiger partial charge is 0.337 e. The highest BCUT2D eigenvalue weighted by Gasteiger charge is 2.14. The number of hydrogen-bond acceptors (Lipinski definition) is 2. The van der Waals surface area contributed by atoms with Gasteiger partial charge in [-0.3, -0.25) is 4.79 Å². The molecule has 2 N–H and O–H groups in total. The van der Waals surface area contributed by atoms with Crippen LogP contribution in [-0.4, -0.2) is 17.0 Å². The number of allylic oxidation sites excluding steroid dienone is 1. The molecule has 0 saturated carbocycles. The van der Waals surface area contributed by atoms with Crippen molar-refractivity contribution in [1.29, 1.82) is 0 Å². The molecule has 1 aliphatic carbocycles. The van der Waals surface area contributed by atoms with Crippen LogP contribution in [0.25, 0.3) is 0 Å². The molecule has 0 aromatic heterocycles. The van der Waals surface area contributed by atoms with E-state index in [0.717, 1.165) is 24.8 Å². The number of aromatic carboxylic acids is 1. The molecule has 1 amide bonds. The minimum Gasteiger partial charge on any atom is -0.478 e. The SMILES string of the molecule is O=C(CC1=CCCCC1)Nc1ccc(Br)cc1C(=O)O. The number of carboxylic acid groups (broad SMARTS) is 1. The molecule has 0 unspecified atom stereocenters. The average molecular weight is 338 g/mol. The average Bonchev–Trinajstić information content (AvgIpc) is 2.41. The van der Waals surface area contributed by atoms with E-state index in [4.69, 9.17) is 5.11 Å². The van der Waals surface area contributed by atoms with Gasteiger partial charge in [-0.1, -0.05) is 27.6 Å². The first kappa shape index (κ1) is 14.8. The molecule has 0 bridgehead atoms. The molecule has 2 rings (SSSR count). The molecule has 0 spiro atoms. The highest BCUT2D eigenvalue weighted by atomic mass is 79.9. The van der Waals surface area contributed by atoms with Gasteiger partial charge in [-0.05, 0) is 43.9 Å². The Morgan fingerprint density at radius 3 is 2.75 bits per heavy atom. The summed E-state index contributed by atoms with van der Waals surface area (Å²) in [5.41, 5.74) is 1.56. The van der Waals surface area contributed by atoms with Crippen molar-refractivity contribution >= 4 is 33.5 Å². The number of benzene rings is 1. The Hall–Kier alpha value is -1.62. The summed E-state index contributed by atoms with van der Waals surface area (Å²) in [5.74, 6) is -1.22. The summed E-state index contributed by atoms with van der Waals surface area (Å²) >= 11 is 3.23. The van der Waals surface area contributed by atoms with Crippen molar-refractivity contribution in [3.63, 3.8) is 0 Å². The van der Waals surface area contributed by atoms with E-state index in [9.17, 15) is 9.59 Å². The molecule has 0 heterocycles. The Balaban J connectivity index is 2.07. The van der Waals surface area contributed by atoms with Crippen molar-refractivity contribution in [3.05, 3.63) is 39.9 Å². The Kier molecular flexibility index (Phi) is 4.95. The van der Waals surface area contributed by atoms with Gasteiger partial charge < -0.3 is 10.4 Å². The first-order chi connectivity index (χ1) is 9.56. The van der Waals surface area contributed by atoms with E-state index < -0.39 is 5.97 Å². The Morgan fingerprint density at radius 2 is 2.10 bits per heavy atom. The fraction of sp³-hybridized carbons (Fsp3) is 0.333. The van der Waals surface area contributed by atoms with Crippen LogP contribution >= 0.6 is 15.9 Å². The molecular formula is C15H16BrNO3. The van der Waals surface area contributed by atoms with Gasteiger partial charge in [-0.2, -0.15) is 0 Å². The van der Waals surface area contributed by atoms with Gasteiger partial charge in [0.2, 0.25) is 5.91 Å². The van der Waals surface area contributed by atoms with Crippen molar-refractivity contribution in [3.8, 4) is 0 Å². The quantitative estimate of drug-likeness (QED) is 0.816. The van der Waals surface area contributed by atoms with Gasteiger partial charge in [0.05, 0.1) is 11.3 Å². The first-order valence-corrected chi connectivity index (χ1v) is 7.36. The summed E-state index contributed by atoms with van der Waals surface area (Å²) in [7, 11) is 0. The molecule has 4 nitrogen and oxygen atoms in total. The van der Waals surface area contributed by atoms with Crippen molar-refractivity contribution in [2.75, 3.05) is 5.32 Å². The maximum atomic E-state index is 12.0. The van der Waals surface area contributed by atoms with Crippen molar-refractivity contribution in [2.45, 2.75) is 32.1 Å². The van der Waals surface area contributed by atoms with Gasteiger partial charge in [0.1, 0.15) is 0 Å². The summed E-state index contributed by atoms with van der Waals surface area (Å²) in [5, 5.41) is 11.8. The second-order valence-corrected chi connectivity index (χ2v) is 5.74. The molecular weight excluding hydrogens is 322 g/mol. The predicted octanol–water partition coefficient (Wildman–Crippen LogP) is 3.98. The van der Waals surface area contributed by atoms with Gasteiger partial charge in [-0.25, -0.2) is 4.79 Å². The summed E-state index contributed by atoms with van der Waals surface area (Å²) < 4.78 is 0.669. The van der Waals surface area contributed by atoms with Crippen LogP contribution in [-0.2, 0) is 4.79 Å². The number of rotatable bonds is 4.